The first-order valence-corrected chi connectivity index (χ1v) is 7.85. The van der Waals surface area contributed by atoms with E-state index in [2.05, 4.69) is 21.2 Å². The predicted molar refractivity (Wildman–Crippen MR) is 81.8 cm³/mol. The SMILES string of the molecule is O=C(Nc1cccc(Br)c1)C1(C(=O)N2CCOCC2)CC1. The standard InChI is InChI=1S/C15H17BrN2O3/c16-11-2-1-3-12(10-11)17-13(19)15(4-5-15)14(20)18-6-8-21-9-7-18/h1-3,10H,4-9H2,(H,17,19). The van der Waals surface area contributed by atoms with Gasteiger partial charge in [-0.2, -0.15) is 0 Å². The fraction of sp³-hybridized carbons (Fsp3) is 0.467. The summed E-state index contributed by atoms with van der Waals surface area (Å²) in [7, 11) is 0. The molecule has 1 saturated heterocycles. The van der Waals surface area contributed by atoms with Crippen molar-refractivity contribution in [1.29, 1.82) is 0 Å². The van der Waals surface area contributed by atoms with E-state index in [1.807, 2.05) is 24.3 Å². The summed E-state index contributed by atoms with van der Waals surface area (Å²) in [5, 5.41) is 2.86. The number of ether oxygens (including phenoxy) is 1. The minimum absolute atomic E-state index is 0.0571. The molecule has 3 rings (SSSR count). The number of hydrogen-bond acceptors (Lipinski definition) is 3. The van der Waals surface area contributed by atoms with E-state index in [-0.39, 0.29) is 11.8 Å². The highest BCUT2D eigenvalue weighted by Gasteiger charge is 2.58. The summed E-state index contributed by atoms with van der Waals surface area (Å²) in [6.45, 7) is 2.25. The molecule has 0 radical (unpaired) electrons. The number of halogens is 1. The van der Waals surface area contributed by atoms with Gasteiger partial charge in [-0.15, -0.1) is 0 Å². The normalized spacial score (nSPS) is 20.0. The Morgan fingerprint density at radius 1 is 1.24 bits per heavy atom. The van der Waals surface area contributed by atoms with Crippen molar-refractivity contribution in [3.05, 3.63) is 28.7 Å². The molecule has 0 unspecified atom stereocenters. The Bertz CT molecular complexity index is 566. The molecule has 5 nitrogen and oxygen atoms in total. The zero-order chi connectivity index (χ0) is 14.9. The summed E-state index contributed by atoms with van der Waals surface area (Å²) in [4.78, 5) is 26.8. The molecule has 0 aromatic heterocycles. The lowest BCUT2D eigenvalue weighted by atomic mass is 10.0. The van der Waals surface area contributed by atoms with E-state index in [1.54, 1.807) is 4.90 Å². The van der Waals surface area contributed by atoms with Crippen molar-refractivity contribution in [2.75, 3.05) is 31.6 Å². The molecule has 2 amide bonds. The van der Waals surface area contributed by atoms with Crippen LogP contribution in [0.15, 0.2) is 28.7 Å². The highest BCUT2D eigenvalue weighted by atomic mass is 79.9. The maximum Gasteiger partial charge on any atom is 0.240 e. The Kier molecular flexibility index (Phi) is 3.99. The van der Waals surface area contributed by atoms with Crippen LogP contribution in [0.2, 0.25) is 0 Å². The maximum atomic E-state index is 12.6. The fourth-order valence-electron chi connectivity index (χ4n) is 2.55. The van der Waals surface area contributed by atoms with Gasteiger partial charge in [0.2, 0.25) is 11.8 Å². The largest absolute Gasteiger partial charge is 0.378 e. The second kappa shape index (κ2) is 5.77. The minimum Gasteiger partial charge on any atom is -0.378 e. The Balaban J connectivity index is 1.69. The number of carbonyl (C=O) groups excluding carboxylic acids is 2. The quantitative estimate of drug-likeness (QED) is 0.846. The van der Waals surface area contributed by atoms with Gasteiger partial charge in [-0.25, -0.2) is 0 Å². The first-order valence-electron chi connectivity index (χ1n) is 7.06. The Morgan fingerprint density at radius 3 is 2.57 bits per heavy atom. The van der Waals surface area contributed by atoms with E-state index in [1.165, 1.54) is 0 Å². The first kappa shape index (κ1) is 14.5. The first-order chi connectivity index (χ1) is 10.1. The molecule has 1 N–H and O–H groups in total. The third-order valence-electron chi connectivity index (χ3n) is 3.97. The third kappa shape index (κ3) is 2.96. The van der Waals surface area contributed by atoms with Gasteiger partial charge < -0.3 is 15.0 Å². The van der Waals surface area contributed by atoms with Crippen molar-refractivity contribution < 1.29 is 14.3 Å². The van der Waals surface area contributed by atoms with Crippen molar-refractivity contribution in [3.8, 4) is 0 Å². The molecule has 0 bridgehead atoms. The number of carbonyl (C=O) groups is 2. The van der Waals surface area contributed by atoms with Gasteiger partial charge in [0.15, 0.2) is 0 Å². The minimum atomic E-state index is -0.861. The maximum absolute atomic E-state index is 12.6. The van der Waals surface area contributed by atoms with Gasteiger partial charge >= 0.3 is 0 Å². The number of benzene rings is 1. The summed E-state index contributed by atoms with van der Waals surface area (Å²) in [6.07, 6.45) is 1.26. The van der Waals surface area contributed by atoms with Gasteiger partial charge in [0.05, 0.1) is 13.2 Å². The van der Waals surface area contributed by atoms with Gasteiger partial charge in [-0.3, -0.25) is 9.59 Å². The summed E-state index contributed by atoms with van der Waals surface area (Å²) >= 11 is 3.37. The van der Waals surface area contributed by atoms with Crippen LogP contribution in [-0.2, 0) is 14.3 Å². The molecule has 1 aromatic carbocycles. The molecule has 6 heteroatoms. The number of amides is 2. The molecular formula is C15H17BrN2O3. The van der Waals surface area contributed by atoms with Crippen molar-refractivity contribution in [2.45, 2.75) is 12.8 Å². The van der Waals surface area contributed by atoms with E-state index in [0.717, 1.165) is 4.47 Å². The van der Waals surface area contributed by atoms with Crippen LogP contribution in [0.3, 0.4) is 0 Å². The van der Waals surface area contributed by atoms with Crippen LogP contribution in [0.1, 0.15) is 12.8 Å². The zero-order valence-electron chi connectivity index (χ0n) is 11.6. The van der Waals surface area contributed by atoms with Crippen LogP contribution >= 0.6 is 15.9 Å². The van der Waals surface area contributed by atoms with Gasteiger partial charge in [-0.1, -0.05) is 22.0 Å². The molecule has 21 heavy (non-hydrogen) atoms. The van der Waals surface area contributed by atoms with E-state index in [0.29, 0.717) is 44.8 Å². The van der Waals surface area contributed by atoms with E-state index < -0.39 is 5.41 Å². The van der Waals surface area contributed by atoms with Crippen LogP contribution < -0.4 is 5.32 Å². The Morgan fingerprint density at radius 2 is 1.95 bits per heavy atom. The number of anilines is 1. The monoisotopic (exact) mass is 352 g/mol. The van der Waals surface area contributed by atoms with E-state index in [4.69, 9.17) is 4.74 Å². The zero-order valence-corrected chi connectivity index (χ0v) is 13.2. The van der Waals surface area contributed by atoms with Crippen molar-refractivity contribution in [3.63, 3.8) is 0 Å². The molecule has 1 aromatic rings. The molecule has 1 heterocycles. The highest BCUT2D eigenvalue weighted by Crippen LogP contribution is 2.48. The molecule has 0 atom stereocenters. The Hall–Kier alpha value is -1.40. The lowest BCUT2D eigenvalue weighted by molar-refractivity contribution is -0.145. The smallest absolute Gasteiger partial charge is 0.240 e. The van der Waals surface area contributed by atoms with Crippen LogP contribution in [-0.4, -0.2) is 43.0 Å². The van der Waals surface area contributed by atoms with Crippen molar-refractivity contribution in [1.82, 2.24) is 4.90 Å². The van der Waals surface area contributed by atoms with Crippen molar-refractivity contribution in [2.24, 2.45) is 5.41 Å². The molecule has 1 aliphatic heterocycles. The number of nitrogens with one attached hydrogen (secondary N) is 1. The summed E-state index contributed by atoms with van der Waals surface area (Å²) in [5.74, 6) is -0.254. The summed E-state index contributed by atoms with van der Waals surface area (Å²) in [6, 6.07) is 7.38. The third-order valence-corrected chi connectivity index (χ3v) is 4.47. The molecule has 112 valence electrons. The van der Waals surface area contributed by atoms with E-state index in [9.17, 15) is 9.59 Å². The number of nitrogens with zero attached hydrogens (tertiary/aromatic N) is 1. The lowest BCUT2D eigenvalue weighted by Crippen LogP contribution is -2.47. The lowest BCUT2D eigenvalue weighted by Gasteiger charge is -2.30. The predicted octanol–water partition coefficient (Wildman–Crippen LogP) is 2.03. The molecule has 1 saturated carbocycles. The topological polar surface area (TPSA) is 58.6 Å². The molecular weight excluding hydrogens is 336 g/mol. The number of morpholine rings is 1. The van der Waals surface area contributed by atoms with Gasteiger partial charge in [0.1, 0.15) is 5.41 Å². The Labute approximate surface area is 131 Å². The molecule has 0 spiro atoms. The van der Waals surface area contributed by atoms with Gasteiger partial charge in [0, 0.05) is 23.2 Å². The average Bonchev–Trinajstić information content (AvgIpc) is 3.29. The van der Waals surface area contributed by atoms with Crippen LogP contribution in [0, 0.1) is 5.41 Å². The highest BCUT2D eigenvalue weighted by molar-refractivity contribution is 9.10. The summed E-state index contributed by atoms with van der Waals surface area (Å²) < 4.78 is 6.15. The second-order valence-electron chi connectivity index (χ2n) is 5.45. The molecule has 2 fully saturated rings. The van der Waals surface area contributed by atoms with Crippen molar-refractivity contribution >= 4 is 33.4 Å². The summed E-state index contributed by atoms with van der Waals surface area (Å²) in [5.41, 5.74) is -0.157. The van der Waals surface area contributed by atoms with Crippen LogP contribution in [0.25, 0.3) is 0 Å². The molecule has 1 aliphatic carbocycles. The van der Waals surface area contributed by atoms with Crippen LogP contribution in [0.4, 0.5) is 5.69 Å². The number of rotatable bonds is 3. The second-order valence-corrected chi connectivity index (χ2v) is 6.37. The molecule has 2 aliphatic rings. The van der Waals surface area contributed by atoms with Gasteiger partial charge in [0.25, 0.3) is 0 Å². The average molecular weight is 353 g/mol. The van der Waals surface area contributed by atoms with Gasteiger partial charge in [-0.05, 0) is 31.0 Å². The number of hydrogen-bond donors (Lipinski definition) is 1. The van der Waals surface area contributed by atoms with E-state index >= 15 is 0 Å². The van der Waals surface area contributed by atoms with Crippen LogP contribution in [0.5, 0.6) is 0 Å². The fourth-order valence-corrected chi connectivity index (χ4v) is 2.95.